The van der Waals surface area contributed by atoms with Crippen LogP contribution in [-0.4, -0.2) is 63.5 Å². The number of hydrogen-bond donors (Lipinski definition) is 2. The van der Waals surface area contributed by atoms with Crippen molar-refractivity contribution in [3.63, 3.8) is 0 Å². The molecule has 1 fully saturated rings. The van der Waals surface area contributed by atoms with Crippen molar-refractivity contribution < 1.29 is 17.9 Å². The highest BCUT2D eigenvalue weighted by atomic mass is 35.5. The van der Waals surface area contributed by atoms with Gasteiger partial charge in [-0.25, -0.2) is 13.6 Å². The lowest BCUT2D eigenvalue weighted by molar-refractivity contribution is -0.128. The Hall–Kier alpha value is -1.00. The van der Waals surface area contributed by atoms with Gasteiger partial charge in [0.25, 0.3) is 0 Å². The molecule has 1 aliphatic rings. The predicted molar refractivity (Wildman–Crippen MR) is 97.3 cm³/mol. The average Bonchev–Trinajstić information content (AvgIpc) is 2.55. The third-order valence-electron chi connectivity index (χ3n) is 3.34. The minimum absolute atomic E-state index is 0. The van der Waals surface area contributed by atoms with E-state index in [1.54, 1.807) is 12.1 Å². The van der Waals surface area contributed by atoms with E-state index in [0.717, 1.165) is 26.2 Å². The van der Waals surface area contributed by atoms with Gasteiger partial charge in [-0.15, -0.1) is 24.2 Å². The van der Waals surface area contributed by atoms with Crippen LogP contribution >= 0.6 is 24.2 Å². The molecule has 2 rings (SSSR count). The van der Waals surface area contributed by atoms with Gasteiger partial charge < -0.3 is 15.0 Å². The molecule has 1 heterocycles. The van der Waals surface area contributed by atoms with Crippen molar-refractivity contribution >= 4 is 40.1 Å². The first-order valence-electron chi connectivity index (χ1n) is 7.29. The number of piperazine rings is 1. The molecule has 1 aromatic rings. The van der Waals surface area contributed by atoms with E-state index in [1.165, 1.54) is 23.9 Å². The smallest absolute Gasteiger partial charge is 0.238 e. The summed E-state index contributed by atoms with van der Waals surface area (Å²) < 4.78 is 27.8. The Kier molecular flexibility index (Phi) is 8.85. The number of primary sulfonamides is 1. The second-order valence-electron chi connectivity index (χ2n) is 5.05. The second-order valence-corrected chi connectivity index (χ2v) is 7.71. The highest BCUT2D eigenvalue weighted by molar-refractivity contribution is 7.99. The maximum atomic E-state index is 11.9. The van der Waals surface area contributed by atoms with Gasteiger partial charge in [0.1, 0.15) is 5.75 Å². The summed E-state index contributed by atoms with van der Waals surface area (Å²) in [6.45, 7) is 3.70. The summed E-state index contributed by atoms with van der Waals surface area (Å²) >= 11 is 1.53. The summed E-state index contributed by atoms with van der Waals surface area (Å²) in [6, 6.07) is 5.95. The van der Waals surface area contributed by atoms with Gasteiger partial charge >= 0.3 is 0 Å². The predicted octanol–water partition coefficient (Wildman–Crippen LogP) is 0.300. The maximum Gasteiger partial charge on any atom is 0.238 e. The molecular formula is C14H22ClN3O4S2. The molecule has 0 saturated carbocycles. The first-order valence-corrected chi connectivity index (χ1v) is 9.99. The van der Waals surface area contributed by atoms with Gasteiger partial charge in [0.2, 0.25) is 15.9 Å². The van der Waals surface area contributed by atoms with Crippen molar-refractivity contribution in [3.05, 3.63) is 24.3 Å². The van der Waals surface area contributed by atoms with Gasteiger partial charge in [0, 0.05) is 31.9 Å². The molecule has 0 aliphatic carbocycles. The fourth-order valence-corrected chi connectivity index (χ4v) is 3.33. The number of halogens is 1. The molecule has 0 radical (unpaired) electrons. The monoisotopic (exact) mass is 395 g/mol. The third kappa shape index (κ3) is 6.86. The van der Waals surface area contributed by atoms with Crippen molar-refractivity contribution in [1.82, 2.24) is 10.2 Å². The van der Waals surface area contributed by atoms with E-state index in [2.05, 4.69) is 5.32 Å². The van der Waals surface area contributed by atoms with E-state index in [4.69, 9.17) is 9.88 Å². The summed E-state index contributed by atoms with van der Waals surface area (Å²) in [4.78, 5) is 13.9. The van der Waals surface area contributed by atoms with E-state index in [0.29, 0.717) is 23.9 Å². The lowest BCUT2D eigenvalue weighted by Gasteiger charge is -2.27. The molecule has 1 saturated heterocycles. The van der Waals surface area contributed by atoms with Crippen LogP contribution in [0.25, 0.3) is 0 Å². The van der Waals surface area contributed by atoms with Crippen LogP contribution in [0.1, 0.15) is 0 Å². The molecule has 0 atom stereocenters. The van der Waals surface area contributed by atoms with Crippen LogP contribution in [0, 0.1) is 0 Å². The van der Waals surface area contributed by atoms with Crippen LogP contribution in [-0.2, 0) is 14.8 Å². The van der Waals surface area contributed by atoms with Crippen molar-refractivity contribution in [2.75, 3.05) is 44.3 Å². The number of hydrogen-bond acceptors (Lipinski definition) is 6. The molecular weight excluding hydrogens is 374 g/mol. The summed E-state index contributed by atoms with van der Waals surface area (Å²) in [5, 5.41) is 8.24. The number of carbonyl (C=O) groups excluding carboxylic acids is 1. The van der Waals surface area contributed by atoms with Crippen LogP contribution in [0.15, 0.2) is 29.2 Å². The maximum absolute atomic E-state index is 11.9. The summed E-state index contributed by atoms with van der Waals surface area (Å²) in [5.41, 5.74) is 0. The molecule has 24 heavy (non-hydrogen) atoms. The highest BCUT2D eigenvalue weighted by Crippen LogP contribution is 2.15. The molecule has 10 heteroatoms. The molecule has 0 aromatic heterocycles. The van der Waals surface area contributed by atoms with E-state index in [1.807, 2.05) is 4.90 Å². The number of rotatable bonds is 7. The van der Waals surface area contributed by atoms with Gasteiger partial charge in [-0.2, -0.15) is 0 Å². The van der Waals surface area contributed by atoms with Gasteiger partial charge in [0.15, 0.2) is 0 Å². The molecule has 0 spiro atoms. The number of sulfonamides is 1. The zero-order chi connectivity index (χ0) is 16.7. The number of nitrogens with one attached hydrogen (secondary N) is 1. The number of carbonyl (C=O) groups is 1. The standard InChI is InChI=1S/C14H21N3O4S2.ClH/c15-23(19,20)13-3-1-12(2-4-13)21-9-10-22-11-14(18)17-7-5-16-6-8-17;/h1-4,16H,5-11H2,(H2,15,19,20);1H. The minimum atomic E-state index is -3.68. The summed E-state index contributed by atoms with van der Waals surface area (Å²) in [5.74, 6) is 1.88. The van der Waals surface area contributed by atoms with E-state index < -0.39 is 10.0 Å². The van der Waals surface area contributed by atoms with Crippen LogP contribution in [0.2, 0.25) is 0 Å². The number of ether oxygens (including phenoxy) is 1. The molecule has 0 bridgehead atoms. The fourth-order valence-electron chi connectivity index (χ4n) is 2.11. The van der Waals surface area contributed by atoms with Crippen molar-refractivity contribution in [2.24, 2.45) is 5.14 Å². The zero-order valence-corrected chi connectivity index (χ0v) is 15.6. The number of amides is 1. The Labute approximate surface area is 152 Å². The van der Waals surface area contributed by atoms with Crippen molar-refractivity contribution in [1.29, 1.82) is 0 Å². The Morgan fingerprint density at radius 2 is 1.88 bits per heavy atom. The molecule has 0 unspecified atom stereocenters. The van der Waals surface area contributed by atoms with Gasteiger partial charge in [-0.05, 0) is 24.3 Å². The normalized spacial score (nSPS) is 14.8. The largest absolute Gasteiger partial charge is 0.493 e. The SMILES string of the molecule is Cl.NS(=O)(=O)c1ccc(OCCSCC(=O)N2CCNCC2)cc1. The molecule has 7 nitrogen and oxygen atoms in total. The quantitative estimate of drug-likeness (QED) is 0.644. The average molecular weight is 396 g/mol. The lowest BCUT2D eigenvalue weighted by atomic mass is 10.3. The minimum Gasteiger partial charge on any atom is -0.493 e. The highest BCUT2D eigenvalue weighted by Gasteiger charge is 2.15. The lowest BCUT2D eigenvalue weighted by Crippen LogP contribution is -2.47. The first-order chi connectivity index (χ1) is 11.0. The van der Waals surface area contributed by atoms with Crippen LogP contribution in [0.3, 0.4) is 0 Å². The molecule has 3 N–H and O–H groups in total. The van der Waals surface area contributed by atoms with Gasteiger partial charge in [0.05, 0.1) is 17.3 Å². The number of nitrogens with two attached hydrogens (primary N) is 1. The Morgan fingerprint density at radius 1 is 1.25 bits per heavy atom. The molecule has 1 aliphatic heterocycles. The Balaban J connectivity index is 0.00000288. The van der Waals surface area contributed by atoms with Crippen molar-refractivity contribution in [2.45, 2.75) is 4.90 Å². The van der Waals surface area contributed by atoms with Crippen molar-refractivity contribution in [3.8, 4) is 5.75 Å². The molecule has 1 amide bonds. The third-order valence-corrected chi connectivity index (χ3v) is 5.18. The Morgan fingerprint density at radius 3 is 2.46 bits per heavy atom. The van der Waals surface area contributed by atoms with Crippen LogP contribution in [0.4, 0.5) is 0 Å². The number of benzene rings is 1. The molecule has 1 aromatic carbocycles. The Bertz CT molecular complexity index is 619. The van der Waals surface area contributed by atoms with E-state index in [-0.39, 0.29) is 23.2 Å². The number of thioether (sulfide) groups is 1. The zero-order valence-electron chi connectivity index (χ0n) is 13.1. The van der Waals surface area contributed by atoms with Crippen LogP contribution < -0.4 is 15.2 Å². The van der Waals surface area contributed by atoms with Crippen LogP contribution in [0.5, 0.6) is 5.75 Å². The van der Waals surface area contributed by atoms with Gasteiger partial charge in [-0.1, -0.05) is 0 Å². The summed E-state index contributed by atoms with van der Waals surface area (Å²) in [6.07, 6.45) is 0. The first kappa shape index (κ1) is 21.0. The topological polar surface area (TPSA) is 102 Å². The number of nitrogens with zero attached hydrogens (tertiary/aromatic N) is 1. The van der Waals surface area contributed by atoms with E-state index in [9.17, 15) is 13.2 Å². The van der Waals surface area contributed by atoms with Gasteiger partial charge in [-0.3, -0.25) is 4.79 Å². The second kappa shape index (κ2) is 10.1. The van der Waals surface area contributed by atoms with E-state index >= 15 is 0 Å². The summed E-state index contributed by atoms with van der Waals surface area (Å²) in [7, 11) is -3.68. The molecule has 136 valence electrons. The fraction of sp³-hybridized carbons (Fsp3) is 0.500.